The van der Waals surface area contributed by atoms with Gasteiger partial charge in [-0.2, -0.15) is 0 Å². The zero-order valence-corrected chi connectivity index (χ0v) is 15.4. The lowest BCUT2D eigenvalue weighted by Gasteiger charge is -2.22. The molecule has 1 aliphatic rings. The van der Waals surface area contributed by atoms with Crippen molar-refractivity contribution in [3.8, 4) is 5.75 Å². The van der Waals surface area contributed by atoms with Crippen LogP contribution in [0.4, 0.5) is 5.69 Å². The van der Waals surface area contributed by atoms with Gasteiger partial charge in [0.15, 0.2) is 5.60 Å². The molecule has 1 atom stereocenters. The summed E-state index contributed by atoms with van der Waals surface area (Å²) in [6.07, 6.45) is -0.283. The van der Waals surface area contributed by atoms with Gasteiger partial charge >= 0.3 is 0 Å². The maximum Gasteiger partial charge on any atom is 0.264 e. The Balaban J connectivity index is 1.83. The van der Waals surface area contributed by atoms with E-state index < -0.39 is 11.5 Å². The third kappa shape index (κ3) is 3.32. The van der Waals surface area contributed by atoms with Crippen LogP contribution in [0.15, 0.2) is 42.5 Å². The number of hydrogen-bond acceptors (Lipinski definition) is 4. The molecule has 3 rings (SSSR count). The van der Waals surface area contributed by atoms with Gasteiger partial charge in [0.25, 0.3) is 5.91 Å². The number of ketones is 1. The van der Waals surface area contributed by atoms with E-state index in [9.17, 15) is 14.7 Å². The van der Waals surface area contributed by atoms with Gasteiger partial charge in [-0.3, -0.25) is 9.59 Å². The molecule has 1 amide bonds. The predicted octanol–water partition coefficient (Wildman–Crippen LogP) is 3.24. The van der Waals surface area contributed by atoms with E-state index in [-0.39, 0.29) is 25.4 Å². The van der Waals surface area contributed by atoms with Crippen LogP contribution in [0, 0.1) is 6.92 Å². The number of amides is 1. The molecule has 0 saturated heterocycles. The number of carbonyl (C=O) groups is 2. The van der Waals surface area contributed by atoms with Gasteiger partial charge in [-0.25, -0.2) is 0 Å². The highest BCUT2D eigenvalue weighted by atomic mass is 35.5. The number of nitrogens with zero attached hydrogens (tertiary/aromatic N) is 1. The fraction of sp³-hybridized carbons (Fsp3) is 0.300. The van der Waals surface area contributed by atoms with Crippen molar-refractivity contribution in [1.29, 1.82) is 0 Å². The van der Waals surface area contributed by atoms with Crippen LogP contribution in [0.3, 0.4) is 0 Å². The van der Waals surface area contributed by atoms with Crippen molar-refractivity contribution in [2.24, 2.45) is 0 Å². The third-order valence-electron chi connectivity index (χ3n) is 4.46. The van der Waals surface area contributed by atoms with Crippen molar-refractivity contribution >= 4 is 29.0 Å². The second-order valence-corrected chi connectivity index (χ2v) is 6.91. The fourth-order valence-electron chi connectivity index (χ4n) is 3.24. The molecule has 0 bridgehead atoms. The zero-order chi connectivity index (χ0) is 18.9. The Morgan fingerprint density at radius 3 is 2.69 bits per heavy atom. The average molecular weight is 374 g/mol. The van der Waals surface area contributed by atoms with Gasteiger partial charge in [-0.05, 0) is 43.7 Å². The minimum atomic E-state index is -1.88. The van der Waals surface area contributed by atoms with Crippen LogP contribution in [0.1, 0.15) is 24.5 Å². The summed E-state index contributed by atoms with van der Waals surface area (Å²) < 4.78 is 5.77. The summed E-state index contributed by atoms with van der Waals surface area (Å²) in [5.41, 5.74) is 0.0347. The summed E-state index contributed by atoms with van der Waals surface area (Å²) in [4.78, 5) is 25.9. The Bertz CT molecular complexity index is 867. The summed E-state index contributed by atoms with van der Waals surface area (Å²) in [5, 5.41) is 11.3. The fourth-order valence-corrected chi connectivity index (χ4v) is 3.41. The molecule has 0 aliphatic carbocycles. The van der Waals surface area contributed by atoms with Crippen molar-refractivity contribution in [1.82, 2.24) is 0 Å². The van der Waals surface area contributed by atoms with E-state index in [1.807, 2.05) is 31.2 Å². The number of aryl methyl sites for hydroxylation is 1. The molecule has 0 spiro atoms. The molecule has 2 aromatic rings. The molecule has 1 N–H and O–H groups in total. The first-order chi connectivity index (χ1) is 12.3. The van der Waals surface area contributed by atoms with E-state index in [2.05, 4.69) is 0 Å². The normalized spacial score (nSPS) is 18.8. The van der Waals surface area contributed by atoms with E-state index in [1.54, 1.807) is 18.2 Å². The maximum absolute atomic E-state index is 12.9. The number of aliphatic hydroxyl groups is 1. The van der Waals surface area contributed by atoms with Crippen LogP contribution in [0.2, 0.25) is 5.02 Å². The first-order valence-corrected chi connectivity index (χ1v) is 8.73. The molecule has 0 fully saturated rings. The zero-order valence-electron chi connectivity index (χ0n) is 14.7. The Labute approximate surface area is 157 Å². The minimum absolute atomic E-state index is 0.252. The smallest absolute Gasteiger partial charge is 0.264 e. The third-order valence-corrected chi connectivity index (χ3v) is 4.70. The van der Waals surface area contributed by atoms with Gasteiger partial charge < -0.3 is 14.7 Å². The summed E-state index contributed by atoms with van der Waals surface area (Å²) in [7, 11) is 0. The minimum Gasteiger partial charge on any atom is -0.491 e. The van der Waals surface area contributed by atoms with Crippen LogP contribution in [0.25, 0.3) is 0 Å². The number of para-hydroxylation sites is 1. The van der Waals surface area contributed by atoms with Crippen molar-refractivity contribution in [3.05, 3.63) is 58.6 Å². The number of halogens is 1. The summed E-state index contributed by atoms with van der Waals surface area (Å²) in [5.74, 6) is -0.0578. The maximum atomic E-state index is 12.9. The highest BCUT2D eigenvalue weighted by Crippen LogP contribution is 2.43. The molecule has 0 aromatic heterocycles. The molecule has 0 radical (unpaired) electrons. The van der Waals surface area contributed by atoms with Crippen LogP contribution in [0.5, 0.6) is 5.75 Å². The van der Waals surface area contributed by atoms with Crippen molar-refractivity contribution in [2.75, 3.05) is 18.1 Å². The van der Waals surface area contributed by atoms with E-state index in [0.29, 0.717) is 16.3 Å². The predicted molar refractivity (Wildman–Crippen MR) is 99.7 cm³/mol. The number of ether oxygens (including phenoxy) is 1. The second kappa shape index (κ2) is 7.09. The SMILES string of the molecule is CC(=O)CC1(O)C(=O)N(CCOc2ccccc2C)c2ccc(Cl)cc21. The van der Waals surface area contributed by atoms with Gasteiger partial charge in [-0.15, -0.1) is 0 Å². The van der Waals surface area contributed by atoms with E-state index in [4.69, 9.17) is 16.3 Å². The number of hydrogen-bond donors (Lipinski definition) is 1. The van der Waals surface area contributed by atoms with Gasteiger partial charge in [0.2, 0.25) is 0 Å². The van der Waals surface area contributed by atoms with Gasteiger partial charge in [0.05, 0.1) is 12.2 Å². The summed E-state index contributed by atoms with van der Waals surface area (Å²) in [6.45, 7) is 3.80. The topological polar surface area (TPSA) is 66.8 Å². The number of carbonyl (C=O) groups excluding carboxylic acids is 2. The van der Waals surface area contributed by atoms with E-state index in [1.165, 1.54) is 11.8 Å². The number of benzene rings is 2. The molecule has 2 aromatic carbocycles. The van der Waals surface area contributed by atoms with E-state index in [0.717, 1.165) is 11.3 Å². The van der Waals surface area contributed by atoms with Gasteiger partial charge in [0.1, 0.15) is 18.1 Å². The second-order valence-electron chi connectivity index (χ2n) is 6.47. The largest absolute Gasteiger partial charge is 0.491 e. The molecule has 136 valence electrons. The number of anilines is 1. The monoisotopic (exact) mass is 373 g/mol. The molecule has 6 heteroatoms. The quantitative estimate of drug-likeness (QED) is 0.844. The highest BCUT2D eigenvalue weighted by molar-refractivity contribution is 6.31. The molecule has 5 nitrogen and oxygen atoms in total. The molecular formula is C20H20ClNO4. The van der Waals surface area contributed by atoms with Gasteiger partial charge in [-0.1, -0.05) is 29.8 Å². The molecule has 1 heterocycles. The average Bonchev–Trinajstić information content (AvgIpc) is 2.77. The Kier molecular flexibility index (Phi) is 5.03. The van der Waals surface area contributed by atoms with E-state index >= 15 is 0 Å². The summed E-state index contributed by atoms with van der Waals surface area (Å²) in [6, 6.07) is 12.5. The lowest BCUT2D eigenvalue weighted by molar-refractivity contribution is -0.141. The van der Waals surface area contributed by atoms with Crippen LogP contribution >= 0.6 is 11.6 Å². The first-order valence-electron chi connectivity index (χ1n) is 8.35. The van der Waals surface area contributed by atoms with Crippen molar-refractivity contribution in [3.63, 3.8) is 0 Å². The van der Waals surface area contributed by atoms with Crippen LogP contribution in [-0.2, 0) is 15.2 Å². The number of Topliss-reactive ketones (excluding diaryl/α,β-unsaturated/α-hetero) is 1. The summed E-state index contributed by atoms with van der Waals surface area (Å²) >= 11 is 6.03. The molecule has 0 saturated carbocycles. The number of rotatable bonds is 6. The Morgan fingerprint density at radius 2 is 2.00 bits per heavy atom. The first kappa shape index (κ1) is 18.4. The molecule has 26 heavy (non-hydrogen) atoms. The molecule has 1 unspecified atom stereocenters. The lowest BCUT2D eigenvalue weighted by Crippen LogP contribution is -2.43. The van der Waals surface area contributed by atoms with Gasteiger partial charge in [0, 0.05) is 17.0 Å². The van der Waals surface area contributed by atoms with Crippen LogP contribution in [-0.4, -0.2) is 29.9 Å². The molecular weight excluding hydrogens is 354 g/mol. The standard InChI is InChI=1S/C20H20ClNO4/c1-13-5-3-4-6-18(13)26-10-9-22-17-8-7-15(21)11-16(17)20(25,19(22)24)12-14(2)23/h3-8,11,25H,9-10,12H2,1-2H3. The van der Waals surface area contributed by atoms with Crippen molar-refractivity contribution in [2.45, 2.75) is 25.9 Å². The van der Waals surface area contributed by atoms with Crippen molar-refractivity contribution < 1.29 is 19.4 Å². The lowest BCUT2D eigenvalue weighted by atomic mass is 9.90. The Morgan fingerprint density at radius 1 is 1.27 bits per heavy atom. The van der Waals surface area contributed by atoms with Crippen LogP contribution < -0.4 is 9.64 Å². The molecule has 1 aliphatic heterocycles. The Hall–Kier alpha value is -2.37. The number of fused-ring (bicyclic) bond motifs is 1. The highest BCUT2D eigenvalue weighted by Gasteiger charge is 2.50.